The fraction of sp³-hybridized carbons (Fsp3) is 0.143. The Labute approximate surface area is 112 Å². The van der Waals surface area contributed by atoms with Crippen LogP contribution in [-0.4, -0.2) is 18.1 Å². The van der Waals surface area contributed by atoms with E-state index in [4.69, 9.17) is 0 Å². The highest BCUT2D eigenvalue weighted by Gasteiger charge is 2.33. The van der Waals surface area contributed by atoms with Crippen LogP contribution in [0.1, 0.15) is 22.5 Å². The molecular formula is C14H14O4S. The summed E-state index contributed by atoms with van der Waals surface area (Å²) in [6.45, 7) is 0. The zero-order chi connectivity index (χ0) is 13.9. The predicted molar refractivity (Wildman–Crippen MR) is 72.1 cm³/mol. The lowest BCUT2D eigenvalue weighted by Gasteiger charge is -2.21. The Morgan fingerprint density at radius 1 is 0.789 bits per heavy atom. The molecule has 2 rings (SSSR count). The van der Waals surface area contributed by atoms with Gasteiger partial charge in [0.1, 0.15) is 11.4 Å². The van der Waals surface area contributed by atoms with E-state index >= 15 is 0 Å². The van der Waals surface area contributed by atoms with E-state index in [0.717, 1.165) is 0 Å². The molecule has 2 atom stereocenters. The summed E-state index contributed by atoms with van der Waals surface area (Å²) in [5, 5.41) is 8.84. The van der Waals surface area contributed by atoms with Gasteiger partial charge in [0.2, 0.25) is 0 Å². The standard InChI is InChI=1S/C14H14O4S/c15-13(11-7-3-1-4-8-11)14(19(16,17)18)12-9-5-2-6-10-12/h1-10,13-15H,(H,16,17,18)/t13-,14?/m0/s1. The molecule has 0 aliphatic rings. The third kappa shape index (κ3) is 3.20. The van der Waals surface area contributed by atoms with Gasteiger partial charge >= 0.3 is 0 Å². The third-order valence-corrected chi connectivity index (χ3v) is 4.05. The Morgan fingerprint density at radius 3 is 1.63 bits per heavy atom. The van der Waals surface area contributed by atoms with Gasteiger partial charge in [0.15, 0.2) is 0 Å². The summed E-state index contributed by atoms with van der Waals surface area (Å²) in [6.07, 6.45) is -1.32. The van der Waals surface area contributed by atoms with E-state index in [1.807, 2.05) is 0 Å². The van der Waals surface area contributed by atoms with Crippen molar-refractivity contribution < 1.29 is 18.1 Å². The molecule has 19 heavy (non-hydrogen) atoms. The summed E-state index contributed by atoms with van der Waals surface area (Å²) in [4.78, 5) is 0. The van der Waals surface area contributed by atoms with Crippen molar-refractivity contribution in [2.24, 2.45) is 0 Å². The Balaban J connectivity index is 2.46. The number of hydrogen-bond acceptors (Lipinski definition) is 3. The number of rotatable bonds is 4. The molecule has 2 aromatic carbocycles. The van der Waals surface area contributed by atoms with Crippen LogP contribution in [0.2, 0.25) is 0 Å². The Morgan fingerprint density at radius 2 is 1.21 bits per heavy atom. The maximum atomic E-state index is 11.5. The lowest BCUT2D eigenvalue weighted by Crippen LogP contribution is -2.20. The lowest BCUT2D eigenvalue weighted by molar-refractivity contribution is 0.167. The van der Waals surface area contributed by atoms with Gasteiger partial charge in [-0.3, -0.25) is 4.55 Å². The van der Waals surface area contributed by atoms with Crippen molar-refractivity contribution in [1.29, 1.82) is 0 Å². The number of aliphatic hydroxyl groups excluding tert-OH is 1. The highest BCUT2D eigenvalue weighted by molar-refractivity contribution is 7.86. The molecule has 0 aliphatic heterocycles. The second-order valence-corrected chi connectivity index (χ2v) is 5.74. The number of aliphatic hydroxyl groups is 1. The second kappa shape index (κ2) is 5.52. The van der Waals surface area contributed by atoms with Gasteiger partial charge in [-0.1, -0.05) is 60.7 Å². The van der Waals surface area contributed by atoms with E-state index in [1.165, 1.54) is 0 Å². The second-order valence-electron chi connectivity index (χ2n) is 4.20. The first-order chi connectivity index (χ1) is 9.00. The van der Waals surface area contributed by atoms with Crippen LogP contribution >= 0.6 is 0 Å². The molecule has 0 aromatic heterocycles. The molecule has 1 unspecified atom stereocenters. The summed E-state index contributed by atoms with van der Waals surface area (Å²) in [5.41, 5.74) is 0.787. The van der Waals surface area contributed by atoms with E-state index in [-0.39, 0.29) is 0 Å². The van der Waals surface area contributed by atoms with Gasteiger partial charge in [0.05, 0.1) is 0 Å². The Bertz CT molecular complexity index is 623. The zero-order valence-corrected chi connectivity index (χ0v) is 10.9. The summed E-state index contributed by atoms with van der Waals surface area (Å²) < 4.78 is 32.5. The highest BCUT2D eigenvalue weighted by Crippen LogP contribution is 2.34. The van der Waals surface area contributed by atoms with Gasteiger partial charge < -0.3 is 5.11 Å². The average molecular weight is 278 g/mol. The van der Waals surface area contributed by atoms with Crippen molar-refractivity contribution >= 4 is 10.1 Å². The lowest BCUT2D eigenvalue weighted by atomic mass is 10.0. The van der Waals surface area contributed by atoms with Crippen LogP contribution in [0, 0.1) is 0 Å². The van der Waals surface area contributed by atoms with Gasteiger partial charge in [-0.2, -0.15) is 8.42 Å². The van der Waals surface area contributed by atoms with Crippen LogP contribution in [0.4, 0.5) is 0 Å². The largest absolute Gasteiger partial charge is 0.387 e. The topological polar surface area (TPSA) is 74.6 Å². The van der Waals surface area contributed by atoms with Crippen LogP contribution in [0.5, 0.6) is 0 Å². The molecule has 0 aliphatic carbocycles. The molecule has 0 saturated carbocycles. The van der Waals surface area contributed by atoms with Gasteiger partial charge in [-0.05, 0) is 11.1 Å². The fourth-order valence-corrected chi connectivity index (χ4v) is 2.97. The monoisotopic (exact) mass is 278 g/mol. The van der Waals surface area contributed by atoms with Crippen molar-refractivity contribution in [3.63, 3.8) is 0 Å². The molecule has 0 radical (unpaired) electrons. The van der Waals surface area contributed by atoms with E-state index in [9.17, 15) is 18.1 Å². The molecule has 0 spiro atoms. The third-order valence-electron chi connectivity index (χ3n) is 2.88. The Kier molecular flexibility index (Phi) is 3.99. The Hall–Kier alpha value is -1.69. The van der Waals surface area contributed by atoms with Gasteiger partial charge in [0, 0.05) is 0 Å². The van der Waals surface area contributed by atoms with Crippen LogP contribution in [-0.2, 0) is 10.1 Å². The maximum absolute atomic E-state index is 11.5. The van der Waals surface area contributed by atoms with Crippen molar-refractivity contribution in [3.8, 4) is 0 Å². The molecule has 0 heterocycles. The first-order valence-electron chi connectivity index (χ1n) is 5.74. The first kappa shape index (κ1) is 13.7. The quantitative estimate of drug-likeness (QED) is 0.842. The van der Waals surface area contributed by atoms with Crippen molar-refractivity contribution in [1.82, 2.24) is 0 Å². The average Bonchev–Trinajstić information content (AvgIpc) is 2.39. The van der Waals surface area contributed by atoms with Crippen LogP contribution in [0.15, 0.2) is 60.7 Å². The normalized spacial score (nSPS) is 14.8. The smallest absolute Gasteiger partial charge is 0.274 e. The van der Waals surface area contributed by atoms with E-state index in [0.29, 0.717) is 11.1 Å². The molecule has 0 amide bonds. The molecule has 2 N–H and O–H groups in total. The van der Waals surface area contributed by atoms with E-state index in [2.05, 4.69) is 0 Å². The van der Waals surface area contributed by atoms with Gasteiger partial charge in [-0.25, -0.2) is 0 Å². The predicted octanol–water partition coefficient (Wildman–Crippen LogP) is 2.35. The number of hydrogen-bond donors (Lipinski definition) is 2. The molecule has 2 aromatic rings. The highest BCUT2D eigenvalue weighted by atomic mass is 32.2. The molecule has 100 valence electrons. The molecular weight excluding hydrogens is 264 g/mol. The van der Waals surface area contributed by atoms with E-state index < -0.39 is 21.5 Å². The van der Waals surface area contributed by atoms with E-state index in [1.54, 1.807) is 60.7 Å². The minimum atomic E-state index is -4.42. The van der Waals surface area contributed by atoms with Crippen molar-refractivity contribution in [2.75, 3.05) is 0 Å². The SMILES string of the molecule is O=S(=O)(O)C(c1ccccc1)[C@@H](O)c1ccccc1. The molecule has 0 saturated heterocycles. The summed E-state index contributed by atoms with van der Waals surface area (Å²) >= 11 is 0. The summed E-state index contributed by atoms with van der Waals surface area (Å²) in [6, 6.07) is 16.6. The van der Waals surface area contributed by atoms with Crippen molar-refractivity contribution in [3.05, 3.63) is 71.8 Å². The summed E-state index contributed by atoms with van der Waals surface area (Å²) in [7, 11) is -4.42. The van der Waals surface area contributed by atoms with Crippen molar-refractivity contribution in [2.45, 2.75) is 11.4 Å². The fourth-order valence-electron chi connectivity index (χ4n) is 1.98. The molecule has 5 heteroatoms. The number of benzene rings is 2. The molecule has 0 bridgehead atoms. The first-order valence-corrected chi connectivity index (χ1v) is 7.25. The zero-order valence-electron chi connectivity index (χ0n) is 10.0. The van der Waals surface area contributed by atoms with Crippen LogP contribution in [0.3, 0.4) is 0 Å². The molecule has 4 nitrogen and oxygen atoms in total. The van der Waals surface area contributed by atoms with Crippen LogP contribution < -0.4 is 0 Å². The minimum Gasteiger partial charge on any atom is -0.387 e. The van der Waals surface area contributed by atoms with Gasteiger partial charge in [0.25, 0.3) is 10.1 Å². The minimum absolute atomic E-state index is 0.348. The maximum Gasteiger partial charge on any atom is 0.274 e. The van der Waals surface area contributed by atoms with Crippen LogP contribution in [0.25, 0.3) is 0 Å². The van der Waals surface area contributed by atoms with Gasteiger partial charge in [-0.15, -0.1) is 0 Å². The molecule has 0 fully saturated rings. The summed E-state index contributed by atoms with van der Waals surface area (Å²) in [5.74, 6) is 0.